The van der Waals surface area contributed by atoms with Crippen LogP contribution < -0.4 is 10.6 Å². The van der Waals surface area contributed by atoms with Crippen molar-refractivity contribution in [2.24, 2.45) is 5.92 Å². The molecular weight excluding hydrogens is 539 g/mol. The lowest BCUT2D eigenvalue weighted by Crippen LogP contribution is -2.47. The van der Waals surface area contributed by atoms with Gasteiger partial charge >= 0.3 is 0 Å². The summed E-state index contributed by atoms with van der Waals surface area (Å²) in [5.41, 5.74) is 2.05. The van der Waals surface area contributed by atoms with Crippen molar-refractivity contribution in [2.75, 3.05) is 38.2 Å². The van der Waals surface area contributed by atoms with Crippen LogP contribution in [0, 0.1) is 11.7 Å². The molecular formula is C29H34ClFN4O3S. The maximum Gasteiger partial charge on any atom is 0.262 e. The first kappa shape index (κ1) is 29.1. The third-order valence-electron chi connectivity index (χ3n) is 7.14. The van der Waals surface area contributed by atoms with Gasteiger partial charge < -0.3 is 15.5 Å². The second kappa shape index (κ2) is 13.5. The molecule has 2 aromatic rings. The van der Waals surface area contributed by atoms with E-state index >= 15 is 0 Å². The highest BCUT2D eigenvalue weighted by Gasteiger charge is 2.36. The van der Waals surface area contributed by atoms with Gasteiger partial charge in [0, 0.05) is 45.2 Å². The molecule has 4 rings (SSSR count). The van der Waals surface area contributed by atoms with Crippen LogP contribution in [0.3, 0.4) is 0 Å². The van der Waals surface area contributed by atoms with Crippen LogP contribution >= 0.6 is 23.4 Å². The number of carbonyl (C=O) groups is 3. The Balaban J connectivity index is 1.39. The van der Waals surface area contributed by atoms with Crippen LogP contribution in [0.1, 0.15) is 41.7 Å². The number of fused-ring (bicyclic) bond motifs is 1. The van der Waals surface area contributed by atoms with E-state index in [0.717, 1.165) is 30.0 Å². The topological polar surface area (TPSA) is 81.8 Å². The van der Waals surface area contributed by atoms with E-state index in [-0.39, 0.29) is 34.4 Å². The first-order valence-electron chi connectivity index (χ1n) is 13.1. The van der Waals surface area contributed by atoms with Gasteiger partial charge in [-0.2, -0.15) is 11.8 Å². The van der Waals surface area contributed by atoms with Gasteiger partial charge in [0.1, 0.15) is 11.9 Å². The number of nitrogens with one attached hydrogen (secondary N) is 2. The van der Waals surface area contributed by atoms with Gasteiger partial charge in [-0.15, -0.1) is 0 Å². The molecule has 208 valence electrons. The summed E-state index contributed by atoms with van der Waals surface area (Å²) in [6.45, 7) is 4.14. The van der Waals surface area contributed by atoms with Crippen LogP contribution in [-0.4, -0.2) is 71.8 Å². The molecule has 2 aliphatic rings. The lowest BCUT2D eigenvalue weighted by molar-refractivity contribution is -0.128. The minimum Gasteiger partial charge on any atom is -0.347 e. The molecule has 3 atom stereocenters. The molecule has 2 aliphatic heterocycles. The van der Waals surface area contributed by atoms with E-state index in [9.17, 15) is 18.8 Å². The Morgan fingerprint density at radius 3 is 2.51 bits per heavy atom. The average Bonchev–Trinajstić information content (AvgIpc) is 3.48. The lowest BCUT2D eigenvalue weighted by atomic mass is 10.0. The highest BCUT2D eigenvalue weighted by atomic mass is 35.5. The number of hydrogen-bond acceptors (Lipinski definition) is 5. The molecule has 0 bridgehead atoms. The molecule has 0 aromatic heterocycles. The van der Waals surface area contributed by atoms with Gasteiger partial charge in [-0.25, -0.2) is 4.39 Å². The van der Waals surface area contributed by atoms with Gasteiger partial charge in [0.25, 0.3) is 5.91 Å². The second-order valence-corrected chi connectivity index (χ2v) is 11.4. The first-order valence-corrected chi connectivity index (χ1v) is 14.8. The Kier molecular flexibility index (Phi) is 10.0. The number of carbonyl (C=O) groups excluding carboxylic acids is 3. The smallest absolute Gasteiger partial charge is 0.262 e. The molecule has 0 aliphatic carbocycles. The van der Waals surface area contributed by atoms with Crippen molar-refractivity contribution in [3.05, 3.63) is 82.3 Å². The zero-order valence-corrected chi connectivity index (χ0v) is 23.7. The third-order valence-corrected chi connectivity index (χ3v) is 8.10. The van der Waals surface area contributed by atoms with E-state index in [4.69, 9.17) is 11.6 Å². The average molecular weight is 573 g/mol. The Hall–Kier alpha value is -2.88. The van der Waals surface area contributed by atoms with E-state index in [1.807, 2.05) is 42.8 Å². The normalized spacial score (nSPS) is 18.3. The van der Waals surface area contributed by atoms with Gasteiger partial charge in [0.2, 0.25) is 11.8 Å². The fourth-order valence-corrected chi connectivity index (χ4v) is 5.91. The number of halogens is 2. The van der Waals surface area contributed by atoms with E-state index in [1.54, 1.807) is 16.7 Å². The van der Waals surface area contributed by atoms with Gasteiger partial charge in [-0.3, -0.25) is 19.3 Å². The number of benzene rings is 2. The van der Waals surface area contributed by atoms with Crippen molar-refractivity contribution in [2.45, 2.75) is 31.8 Å². The highest BCUT2D eigenvalue weighted by Crippen LogP contribution is 2.32. The van der Waals surface area contributed by atoms with Gasteiger partial charge in [0.15, 0.2) is 0 Å². The molecule has 0 radical (unpaired) electrons. The third kappa shape index (κ3) is 7.41. The van der Waals surface area contributed by atoms with Crippen LogP contribution in [0.25, 0.3) is 0 Å². The highest BCUT2D eigenvalue weighted by molar-refractivity contribution is 7.98. The standard InChI is InChI=1S/C29H34ClFN4O3S/c1-19(36)32-26(12-14-39-2)28(37)33-25(20-7-4-3-5-8-20)11-13-34-15-21-17-35(18-22(21)16-34)29(38)27-23(30)9-6-10-24(27)31/h3-10,17,22,25-26H,11-16,18H2,1-2H3,(H,32,36)(H,33,37)/t22?,25-,26?/m0/s1. The van der Waals surface area contributed by atoms with Crippen LogP contribution in [0.4, 0.5) is 4.39 Å². The molecule has 2 N–H and O–H groups in total. The first-order chi connectivity index (χ1) is 18.8. The summed E-state index contributed by atoms with van der Waals surface area (Å²) in [5.74, 6) is -0.507. The molecule has 3 amide bonds. The van der Waals surface area contributed by atoms with Crippen molar-refractivity contribution in [1.82, 2.24) is 20.4 Å². The zero-order chi connectivity index (χ0) is 27.9. The predicted molar refractivity (Wildman–Crippen MR) is 153 cm³/mol. The van der Waals surface area contributed by atoms with Crippen LogP contribution in [0.5, 0.6) is 0 Å². The monoisotopic (exact) mass is 572 g/mol. The van der Waals surface area contributed by atoms with Crippen molar-refractivity contribution >= 4 is 41.1 Å². The number of amides is 3. The van der Waals surface area contributed by atoms with Gasteiger partial charge in [0.05, 0.1) is 16.6 Å². The Labute approximate surface area is 238 Å². The van der Waals surface area contributed by atoms with Gasteiger partial charge in [-0.05, 0) is 48.1 Å². The zero-order valence-electron chi connectivity index (χ0n) is 22.2. The Morgan fingerprint density at radius 2 is 1.85 bits per heavy atom. The number of rotatable bonds is 11. The summed E-state index contributed by atoms with van der Waals surface area (Å²) < 4.78 is 14.3. The van der Waals surface area contributed by atoms with E-state index in [1.165, 1.54) is 25.1 Å². The van der Waals surface area contributed by atoms with E-state index in [2.05, 4.69) is 15.5 Å². The molecule has 7 nitrogen and oxygen atoms in total. The largest absolute Gasteiger partial charge is 0.347 e. The van der Waals surface area contributed by atoms with Crippen LogP contribution in [0.15, 0.2) is 60.3 Å². The summed E-state index contributed by atoms with van der Waals surface area (Å²) in [5, 5.41) is 6.06. The SMILES string of the molecule is CSCCC(NC(C)=O)C(=O)N[C@@H](CCN1CC2=CN(C(=O)c3c(F)cccc3Cl)CC2C1)c1ccccc1. The number of likely N-dealkylation sites (tertiary alicyclic amines) is 1. The van der Waals surface area contributed by atoms with E-state index in [0.29, 0.717) is 25.9 Å². The fourth-order valence-electron chi connectivity index (χ4n) is 5.19. The summed E-state index contributed by atoms with van der Waals surface area (Å²) in [6.07, 6.45) is 5.05. The fraction of sp³-hybridized carbons (Fsp3) is 0.414. The summed E-state index contributed by atoms with van der Waals surface area (Å²) >= 11 is 7.74. The predicted octanol–water partition coefficient (Wildman–Crippen LogP) is 4.26. The summed E-state index contributed by atoms with van der Waals surface area (Å²) in [7, 11) is 0. The van der Waals surface area contributed by atoms with Crippen LogP contribution in [-0.2, 0) is 9.59 Å². The minimum atomic E-state index is -0.618. The minimum absolute atomic E-state index is 0.0932. The quantitative estimate of drug-likeness (QED) is 0.421. The molecule has 1 saturated heterocycles. The molecule has 10 heteroatoms. The van der Waals surface area contributed by atoms with Crippen molar-refractivity contribution in [3.8, 4) is 0 Å². The maximum atomic E-state index is 14.3. The van der Waals surface area contributed by atoms with Crippen LogP contribution in [0.2, 0.25) is 5.02 Å². The van der Waals surface area contributed by atoms with E-state index < -0.39 is 17.8 Å². The molecule has 0 saturated carbocycles. The molecule has 39 heavy (non-hydrogen) atoms. The molecule has 1 fully saturated rings. The molecule has 2 aromatic carbocycles. The van der Waals surface area contributed by atoms with Crippen molar-refractivity contribution in [1.29, 1.82) is 0 Å². The molecule has 2 unspecified atom stereocenters. The Morgan fingerprint density at radius 1 is 1.08 bits per heavy atom. The van der Waals surface area contributed by atoms with Gasteiger partial charge in [-0.1, -0.05) is 48.0 Å². The number of thioether (sulfide) groups is 1. The maximum absolute atomic E-state index is 14.3. The lowest BCUT2D eigenvalue weighted by Gasteiger charge is -2.26. The molecule has 2 heterocycles. The van der Waals surface area contributed by atoms with Crippen molar-refractivity contribution in [3.63, 3.8) is 0 Å². The second-order valence-electron chi connectivity index (χ2n) is 9.99. The summed E-state index contributed by atoms with van der Waals surface area (Å²) in [6, 6.07) is 13.3. The molecule has 0 spiro atoms. The summed E-state index contributed by atoms with van der Waals surface area (Å²) in [4.78, 5) is 41.7. The van der Waals surface area contributed by atoms with Crippen molar-refractivity contribution < 1.29 is 18.8 Å². The number of nitrogens with zero attached hydrogens (tertiary/aromatic N) is 2. The Bertz CT molecular complexity index is 1210. The number of hydrogen-bond donors (Lipinski definition) is 2.